The maximum Gasteiger partial charge on any atom is 0.416 e. The second-order valence-electron chi connectivity index (χ2n) is 5.25. The largest absolute Gasteiger partial charge is 0.416 e. The van der Waals surface area contributed by atoms with Crippen LogP contribution in [0, 0.1) is 5.41 Å². The monoisotopic (exact) mass is 270 g/mol. The van der Waals surface area contributed by atoms with Crippen LogP contribution in [-0.4, -0.2) is 5.78 Å². The SMILES string of the molecule is CCC1(C(=O)c2ccc(C(F)(F)F)cc2)CCCC1. The summed E-state index contributed by atoms with van der Waals surface area (Å²) < 4.78 is 37.4. The number of carbonyl (C=O) groups excluding carboxylic acids is 1. The van der Waals surface area contributed by atoms with Crippen LogP contribution in [0.15, 0.2) is 24.3 Å². The maximum atomic E-state index is 12.5. The molecule has 0 aromatic heterocycles. The van der Waals surface area contributed by atoms with Gasteiger partial charge >= 0.3 is 6.18 Å². The molecule has 1 aliphatic rings. The first-order chi connectivity index (χ1) is 8.89. The normalized spacial score (nSPS) is 18.5. The first-order valence-electron chi connectivity index (χ1n) is 6.61. The molecule has 1 aliphatic carbocycles. The van der Waals surface area contributed by atoms with Crippen molar-refractivity contribution in [2.45, 2.75) is 45.2 Å². The van der Waals surface area contributed by atoms with E-state index in [1.807, 2.05) is 6.92 Å². The summed E-state index contributed by atoms with van der Waals surface area (Å²) in [4.78, 5) is 12.5. The minimum Gasteiger partial charge on any atom is -0.294 e. The first kappa shape index (κ1) is 14.1. The van der Waals surface area contributed by atoms with Crippen LogP contribution in [0.1, 0.15) is 54.9 Å². The van der Waals surface area contributed by atoms with Crippen LogP contribution in [0.5, 0.6) is 0 Å². The summed E-state index contributed by atoms with van der Waals surface area (Å²) in [5, 5.41) is 0. The number of alkyl halides is 3. The Bertz CT molecular complexity index is 453. The summed E-state index contributed by atoms with van der Waals surface area (Å²) >= 11 is 0. The highest BCUT2D eigenvalue weighted by molar-refractivity contribution is 6.00. The summed E-state index contributed by atoms with van der Waals surface area (Å²) in [5.74, 6) is 0.00113. The zero-order valence-electron chi connectivity index (χ0n) is 10.9. The van der Waals surface area contributed by atoms with E-state index in [0.29, 0.717) is 5.56 Å². The predicted octanol–water partition coefficient (Wildman–Crippen LogP) is 4.86. The van der Waals surface area contributed by atoms with Crippen molar-refractivity contribution in [3.05, 3.63) is 35.4 Å². The zero-order valence-corrected chi connectivity index (χ0v) is 10.9. The van der Waals surface area contributed by atoms with Crippen molar-refractivity contribution >= 4 is 5.78 Å². The van der Waals surface area contributed by atoms with Gasteiger partial charge in [-0.2, -0.15) is 13.2 Å². The molecule has 1 aromatic rings. The Kier molecular flexibility index (Phi) is 3.70. The van der Waals surface area contributed by atoms with Gasteiger partial charge in [0.1, 0.15) is 0 Å². The van der Waals surface area contributed by atoms with Crippen molar-refractivity contribution in [3.63, 3.8) is 0 Å². The average Bonchev–Trinajstić information content (AvgIpc) is 2.87. The van der Waals surface area contributed by atoms with Gasteiger partial charge in [-0.3, -0.25) is 4.79 Å². The molecule has 0 bridgehead atoms. The molecule has 2 rings (SSSR count). The van der Waals surface area contributed by atoms with E-state index in [1.165, 1.54) is 12.1 Å². The highest BCUT2D eigenvalue weighted by Crippen LogP contribution is 2.43. The maximum absolute atomic E-state index is 12.5. The zero-order chi connectivity index (χ0) is 14.1. The van der Waals surface area contributed by atoms with Crippen LogP contribution in [0.4, 0.5) is 13.2 Å². The number of ketones is 1. The summed E-state index contributed by atoms with van der Waals surface area (Å²) in [7, 11) is 0. The number of benzene rings is 1. The number of hydrogen-bond donors (Lipinski definition) is 0. The van der Waals surface area contributed by atoms with Crippen molar-refractivity contribution in [3.8, 4) is 0 Å². The van der Waals surface area contributed by atoms with E-state index in [4.69, 9.17) is 0 Å². The smallest absolute Gasteiger partial charge is 0.294 e. The molecule has 4 heteroatoms. The van der Waals surface area contributed by atoms with Crippen molar-refractivity contribution in [1.29, 1.82) is 0 Å². The van der Waals surface area contributed by atoms with E-state index >= 15 is 0 Å². The van der Waals surface area contributed by atoms with Crippen molar-refractivity contribution < 1.29 is 18.0 Å². The molecule has 1 aromatic carbocycles. The van der Waals surface area contributed by atoms with Gasteiger partial charge in [-0.15, -0.1) is 0 Å². The lowest BCUT2D eigenvalue weighted by Gasteiger charge is -2.25. The molecular weight excluding hydrogens is 253 g/mol. The van der Waals surface area contributed by atoms with E-state index in [-0.39, 0.29) is 11.2 Å². The average molecular weight is 270 g/mol. The molecule has 104 valence electrons. The van der Waals surface area contributed by atoms with Crippen LogP contribution in [-0.2, 0) is 6.18 Å². The molecule has 0 atom stereocenters. The Morgan fingerprint density at radius 2 is 1.68 bits per heavy atom. The number of carbonyl (C=O) groups is 1. The fourth-order valence-electron chi connectivity index (χ4n) is 2.91. The van der Waals surface area contributed by atoms with E-state index in [0.717, 1.165) is 44.2 Å². The minimum absolute atomic E-state index is 0.00113. The van der Waals surface area contributed by atoms with Crippen LogP contribution >= 0.6 is 0 Å². The lowest BCUT2D eigenvalue weighted by molar-refractivity contribution is -0.137. The summed E-state index contributed by atoms with van der Waals surface area (Å²) in [5.41, 5.74) is -0.655. The lowest BCUT2D eigenvalue weighted by Crippen LogP contribution is -2.27. The lowest BCUT2D eigenvalue weighted by atomic mass is 9.76. The Labute approximate surface area is 110 Å². The molecule has 0 N–H and O–H groups in total. The van der Waals surface area contributed by atoms with Gasteiger partial charge in [-0.25, -0.2) is 0 Å². The molecule has 1 nitrogen and oxygen atoms in total. The van der Waals surface area contributed by atoms with E-state index < -0.39 is 11.7 Å². The van der Waals surface area contributed by atoms with Crippen LogP contribution in [0.2, 0.25) is 0 Å². The molecule has 0 unspecified atom stereocenters. The highest BCUT2D eigenvalue weighted by atomic mass is 19.4. The van der Waals surface area contributed by atoms with Gasteiger partial charge in [0.05, 0.1) is 5.56 Å². The summed E-state index contributed by atoms with van der Waals surface area (Å²) in [6.07, 6.45) is 0.164. The van der Waals surface area contributed by atoms with Crippen LogP contribution < -0.4 is 0 Å². The molecule has 0 amide bonds. The van der Waals surface area contributed by atoms with E-state index in [9.17, 15) is 18.0 Å². The number of halogens is 3. The fourth-order valence-corrected chi connectivity index (χ4v) is 2.91. The molecule has 1 fully saturated rings. The van der Waals surface area contributed by atoms with Gasteiger partial charge in [-0.1, -0.05) is 31.9 Å². The van der Waals surface area contributed by atoms with Gasteiger partial charge in [-0.05, 0) is 31.4 Å². The van der Waals surface area contributed by atoms with Crippen molar-refractivity contribution in [2.24, 2.45) is 5.41 Å². The Balaban J connectivity index is 2.25. The summed E-state index contributed by atoms with van der Waals surface area (Å²) in [6.45, 7) is 1.98. The number of Topliss-reactive ketones (excluding diaryl/α,β-unsaturated/α-hetero) is 1. The Morgan fingerprint density at radius 3 is 2.11 bits per heavy atom. The molecule has 0 aliphatic heterocycles. The first-order valence-corrected chi connectivity index (χ1v) is 6.61. The molecule has 0 spiro atoms. The third kappa shape index (κ3) is 2.67. The van der Waals surface area contributed by atoms with Gasteiger partial charge in [0.25, 0.3) is 0 Å². The second kappa shape index (κ2) is 4.99. The van der Waals surface area contributed by atoms with Crippen LogP contribution in [0.3, 0.4) is 0 Å². The Morgan fingerprint density at radius 1 is 1.16 bits per heavy atom. The van der Waals surface area contributed by atoms with Crippen LogP contribution in [0.25, 0.3) is 0 Å². The third-order valence-electron chi connectivity index (χ3n) is 4.19. The van der Waals surface area contributed by atoms with E-state index in [2.05, 4.69) is 0 Å². The van der Waals surface area contributed by atoms with Gasteiger partial charge in [0, 0.05) is 11.0 Å². The van der Waals surface area contributed by atoms with Gasteiger partial charge < -0.3 is 0 Å². The summed E-state index contributed by atoms with van der Waals surface area (Å²) in [6, 6.07) is 4.60. The minimum atomic E-state index is -4.35. The standard InChI is InChI=1S/C15H17F3O/c1-2-14(9-3-4-10-14)13(19)11-5-7-12(8-6-11)15(16,17)18/h5-8H,2-4,9-10H2,1H3. The molecular formula is C15H17F3O. The molecule has 0 heterocycles. The van der Waals surface area contributed by atoms with Crippen molar-refractivity contribution in [2.75, 3.05) is 0 Å². The molecule has 19 heavy (non-hydrogen) atoms. The number of rotatable bonds is 3. The van der Waals surface area contributed by atoms with Gasteiger partial charge in [0.15, 0.2) is 5.78 Å². The van der Waals surface area contributed by atoms with E-state index in [1.54, 1.807) is 0 Å². The molecule has 0 saturated heterocycles. The Hall–Kier alpha value is -1.32. The topological polar surface area (TPSA) is 17.1 Å². The molecule has 1 saturated carbocycles. The number of hydrogen-bond acceptors (Lipinski definition) is 1. The molecule has 0 radical (unpaired) electrons. The third-order valence-corrected chi connectivity index (χ3v) is 4.19. The fraction of sp³-hybridized carbons (Fsp3) is 0.533. The van der Waals surface area contributed by atoms with Crippen molar-refractivity contribution in [1.82, 2.24) is 0 Å². The highest BCUT2D eigenvalue weighted by Gasteiger charge is 2.39. The second-order valence-corrected chi connectivity index (χ2v) is 5.25. The quantitative estimate of drug-likeness (QED) is 0.717. The van der Waals surface area contributed by atoms with Gasteiger partial charge in [0.2, 0.25) is 0 Å². The predicted molar refractivity (Wildman–Crippen MR) is 67.0 cm³/mol.